The van der Waals surface area contributed by atoms with Crippen LogP contribution in [0, 0.1) is 0 Å². The second-order valence-electron chi connectivity index (χ2n) is 6.18. The van der Waals surface area contributed by atoms with Crippen LogP contribution < -0.4 is 10.1 Å². The van der Waals surface area contributed by atoms with E-state index < -0.39 is 6.10 Å². The number of rotatable bonds is 11. The number of aliphatic hydroxyl groups excluding tert-OH is 1. The van der Waals surface area contributed by atoms with Gasteiger partial charge in [-0.05, 0) is 30.5 Å². The molecule has 25 heavy (non-hydrogen) atoms. The van der Waals surface area contributed by atoms with Gasteiger partial charge in [0, 0.05) is 6.42 Å². The number of hydrogen-bond donors (Lipinski definition) is 2. The van der Waals surface area contributed by atoms with E-state index in [2.05, 4.69) is 12.2 Å². The van der Waals surface area contributed by atoms with Crippen molar-refractivity contribution in [2.24, 2.45) is 0 Å². The average Bonchev–Trinajstić information content (AvgIpc) is 2.66. The molecule has 2 rings (SSSR count). The maximum absolute atomic E-state index is 12.5. The summed E-state index contributed by atoms with van der Waals surface area (Å²) in [5.74, 6) is 0.613. The fourth-order valence-corrected chi connectivity index (χ4v) is 2.63. The third-order valence-electron chi connectivity index (χ3n) is 4.03. The molecule has 0 bridgehead atoms. The highest BCUT2D eigenvalue weighted by Gasteiger charge is 2.14. The Morgan fingerprint density at radius 2 is 1.84 bits per heavy atom. The number of aliphatic hydroxyl groups is 1. The Morgan fingerprint density at radius 1 is 1.12 bits per heavy atom. The van der Waals surface area contributed by atoms with Crippen molar-refractivity contribution < 1.29 is 20.0 Å². The SMILES string of the molecule is CCC[NH2+]C[C@@H](O)COc1ccccc1C(=O)CCc1ccccc1. The van der Waals surface area contributed by atoms with Gasteiger partial charge >= 0.3 is 0 Å². The van der Waals surface area contributed by atoms with E-state index in [9.17, 15) is 9.90 Å². The number of benzene rings is 2. The minimum Gasteiger partial charge on any atom is -0.490 e. The molecule has 0 aliphatic heterocycles. The summed E-state index contributed by atoms with van der Waals surface area (Å²) in [4.78, 5) is 12.5. The van der Waals surface area contributed by atoms with Gasteiger partial charge in [0.05, 0.1) is 12.1 Å². The minimum atomic E-state index is -0.543. The highest BCUT2D eigenvalue weighted by atomic mass is 16.5. The van der Waals surface area contributed by atoms with E-state index in [1.54, 1.807) is 12.1 Å². The fourth-order valence-electron chi connectivity index (χ4n) is 2.63. The van der Waals surface area contributed by atoms with E-state index in [0.717, 1.165) is 18.5 Å². The molecule has 0 amide bonds. The van der Waals surface area contributed by atoms with Gasteiger partial charge in [-0.2, -0.15) is 0 Å². The first-order valence-electron chi connectivity index (χ1n) is 8.99. The zero-order valence-electron chi connectivity index (χ0n) is 14.9. The van der Waals surface area contributed by atoms with Gasteiger partial charge < -0.3 is 15.2 Å². The van der Waals surface area contributed by atoms with Gasteiger partial charge in [0.25, 0.3) is 0 Å². The van der Waals surface area contributed by atoms with Crippen molar-refractivity contribution >= 4 is 5.78 Å². The summed E-state index contributed by atoms with van der Waals surface area (Å²) in [6.07, 6.45) is 1.69. The van der Waals surface area contributed by atoms with Gasteiger partial charge in [-0.3, -0.25) is 4.79 Å². The third-order valence-corrected chi connectivity index (χ3v) is 4.03. The van der Waals surface area contributed by atoms with Crippen molar-refractivity contribution in [2.45, 2.75) is 32.3 Å². The molecule has 0 aromatic heterocycles. The van der Waals surface area contributed by atoms with E-state index in [-0.39, 0.29) is 12.4 Å². The molecule has 2 aromatic rings. The summed E-state index contributed by atoms with van der Waals surface area (Å²) < 4.78 is 5.71. The molecule has 0 aliphatic rings. The van der Waals surface area contributed by atoms with E-state index >= 15 is 0 Å². The summed E-state index contributed by atoms with van der Waals surface area (Å²) in [5.41, 5.74) is 1.74. The fraction of sp³-hybridized carbons (Fsp3) is 0.381. The molecule has 0 fully saturated rings. The molecule has 0 saturated heterocycles. The second kappa shape index (κ2) is 10.6. The molecule has 0 unspecified atom stereocenters. The summed E-state index contributed by atoms with van der Waals surface area (Å²) in [7, 11) is 0. The van der Waals surface area contributed by atoms with Crippen LogP contribution in [0.4, 0.5) is 0 Å². The van der Waals surface area contributed by atoms with Crippen molar-refractivity contribution in [3.8, 4) is 5.75 Å². The predicted molar refractivity (Wildman–Crippen MR) is 99.0 cm³/mol. The van der Waals surface area contributed by atoms with Gasteiger partial charge in [0.1, 0.15) is 25.0 Å². The number of carbonyl (C=O) groups excluding carboxylic acids is 1. The molecule has 0 aliphatic carbocycles. The third kappa shape index (κ3) is 6.69. The van der Waals surface area contributed by atoms with Crippen LogP contribution >= 0.6 is 0 Å². The zero-order chi connectivity index (χ0) is 17.9. The van der Waals surface area contributed by atoms with Crippen molar-refractivity contribution in [2.75, 3.05) is 19.7 Å². The Balaban J connectivity index is 1.89. The van der Waals surface area contributed by atoms with E-state index in [4.69, 9.17) is 4.74 Å². The monoisotopic (exact) mass is 342 g/mol. The zero-order valence-corrected chi connectivity index (χ0v) is 14.9. The van der Waals surface area contributed by atoms with Crippen LogP contribution in [0.1, 0.15) is 35.7 Å². The summed E-state index contributed by atoms with van der Waals surface area (Å²) >= 11 is 0. The molecule has 2 aromatic carbocycles. The Hall–Kier alpha value is -2.17. The number of ether oxygens (including phenoxy) is 1. The number of hydrogen-bond acceptors (Lipinski definition) is 3. The van der Waals surface area contributed by atoms with Crippen LogP contribution in [-0.4, -0.2) is 36.7 Å². The lowest BCUT2D eigenvalue weighted by molar-refractivity contribution is -0.661. The highest BCUT2D eigenvalue weighted by molar-refractivity contribution is 5.98. The molecule has 0 saturated carbocycles. The maximum atomic E-state index is 12.5. The van der Waals surface area contributed by atoms with Crippen LogP contribution in [0.2, 0.25) is 0 Å². The Morgan fingerprint density at radius 3 is 2.60 bits per heavy atom. The first-order chi connectivity index (χ1) is 12.2. The first kappa shape index (κ1) is 19.2. The number of aryl methyl sites for hydroxylation is 1. The number of carbonyl (C=O) groups is 1. The Kier molecular flexibility index (Phi) is 8.16. The number of Topliss-reactive ketones (excluding diaryl/α,β-unsaturated/α-hetero) is 1. The lowest BCUT2D eigenvalue weighted by Gasteiger charge is -2.14. The molecular formula is C21H28NO3+. The molecule has 3 N–H and O–H groups in total. The standard InChI is InChI=1S/C21H27NO3/c1-2-14-22-15-18(23)16-25-21-11-7-6-10-19(21)20(24)13-12-17-8-4-3-5-9-17/h3-11,18,22-23H,2,12-16H2,1H3/p+1/t18-/m1/s1. The van der Waals surface area contributed by atoms with Crippen LogP contribution in [0.15, 0.2) is 54.6 Å². The molecule has 0 spiro atoms. The van der Waals surface area contributed by atoms with Crippen molar-refractivity contribution in [3.05, 3.63) is 65.7 Å². The Bertz CT molecular complexity index is 643. The molecule has 4 heteroatoms. The van der Waals surface area contributed by atoms with Gasteiger partial charge in [-0.15, -0.1) is 0 Å². The normalized spacial score (nSPS) is 11.9. The maximum Gasteiger partial charge on any atom is 0.166 e. The predicted octanol–water partition coefficient (Wildman–Crippen LogP) is 2.22. The van der Waals surface area contributed by atoms with Crippen molar-refractivity contribution in [1.82, 2.24) is 0 Å². The molecule has 134 valence electrons. The van der Waals surface area contributed by atoms with E-state index in [0.29, 0.717) is 30.7 Å². The largest absolute Gasteiger partial charge is 0.490 e. The van der Waals surface area contributed by atoms with Gasteiger partial charge in [-0.25, -0.2) is 0 Å². The molecule has 1 atom stereocenters. The van der Waals surface area contributed by atoms with Gasteiger partial charge in [-0.1, -0.05) is 49.4 Å². The van der Waals surface area contributed by atoms with E-state index in [1.807, 2.05) is 42.5 Å². The van der Waals surface area contributed by atoms with Crippen LogP contribution in [0.5, 0.6) is 5.75 Å². The molecular weight excluding hydrogens is 314 g/mol. The number of nitrogens with two attached hydrogens (primary N) is 1. The van der Waals surface area contributed by atoms with Crippen molar-refractivity contribution in [1.29, 1.82) is 0 Å². The number of para-hydroxylation sites is 1. The molecule has 0 radical (unpaired) electrons. The highest BCUT2D eigenvalue weighted by Crippen LogP contribution is 2.20. The number of ketones is 1. The first-order valence-corrected chi connectivity index (χ1v) is 8.99. The summed E-state index contributed by atoms with van der Waals surface area (Å²) in [5, 5.41) is 12.1. The van der Waals surface area contributed by atoms with Crippen LogP contribution in [-0.2, 0) is 6.42 Å². The smallest absolute Gasteiger partial charge is 0.166 e. The quantitative estimate of drug-likeness (QED) is 0.486. The van der Waals surface area contributed by atoms with Crippen LogP contribution in [0.3, 0.4) is 0 Å². The van der Waals surface area contributed by atoms with Crippen molar-refractivity contribution in [3.63, 3.8) is 0 Å². The van der Waals surface area contributed by atoms with Gasteiger partial charge in [0.2, 0.25) is 0 Å². The summed E-state index contributed by atoms with van der Waals surface area (Å²) in [6, 6.07) is 17.3. The molecule has 0 heterocycles. The number of quaternary nitrogens is 1. The van der Waals surface area contributed by atoms with Crippen LogP contribution in [0.25, 0.3) is 0 Å². The minimum absolute atomic E-state index is 0.0616. The topological polar surface area (TPSA) is 63.1 Å². The Labute approximate surface area is 149 Å². The summed E-state index contributed by atoms with van der Waals surface area (Å²) in [6.45, 7) is 3.91. The average molecular weight is 342 g/mol. The van der Waals surface area contributed by atoms with E-state index in [1.165, 1.54) is 0 Å². The lowest BCUT2D eigenvalue weighted by atomic mass is 10.0. The molecule has 4 nitrogen and oxygen atoms in total. The van der Waals surface area contributed by atoms with Gasteiger partial charge in [0.15, 0.2) is 5.78 Å². The lowest BCUT2D eigenvalue weighted by Crippen LogP contribution is -2.86. The second-order valence-corrected chi connectivity index (χ2v) is 6.18.